The van der Waals surface area contributed by atoms with Gasteiger partial charge in [-0.15, -0.1) is 0 Å². The van der Waals surface area contributed by atoms with Crippen LogP contribution in [0.1, 0.15) is 0 Å². The first-order valence-electron chi connectivity index (χ1n) is 4.05. The molecule has 4 nitrogen and oxygen atoms in total. The van der Waals surface area contributed by atoms with Crippen LogP contribution >= 0.6 is 105 Å². The van der Waals surface area contributed by atoms with Gasteiger partial charge in [0.25, 0.3) is 0 Å². The quantitative estimate of drug-likeness (QED) is 0.175. The van der Waals surface area contributed by atoms with Crippen LogP contribution in [-0.2, 0) is 13.1 Å². The number of aliphatic hydroxyl groups is 1. The molecule has 102 valence electrons. The molecule has 0 amide bonds. The van der Waals surface area contributed by atoms with Crippen LogP contribution in [0.2, 0.25) is 0 Å². The number of thiol groups is 2. The number of rotatable bonds is 3. The van der Waals surface area contributed by atoms with Crippen LogP contribution in [0.5, 0.6) is 0 Å². The summed E-state index contributed by atoms with van der Waals surface area (Å²) in [5.74, 6) is 0. The van der Waals surface area contributed by atoms with Crippen molar-refractivity contribution < 1.29 is 18.2 Å². The van der Waals surface area contributed by atoms with Crippen LogP contribution in [0.15, 0.2) is 0 Å². The second kappa shape index (κ2) is 8.45. The number of hydrogen-bond acceptors (Lipinski definition) is 4. The van der Waals surface area contributed by atoms with Gasteiger partial charge in [0.1, 0.15) is 0 Å². The van der Waals surface area contributed by atoms with Crippen molar-refractivity contribution >= 4 is 105 Å². The fraction of sp³-hybridized carbons (Fsp3) is 1.00. The Bertz CT molecular complexity index is 422. The minimum atomic E-state index is -1.01. The standard InChI is InChI=1S/C5H8Br2I2O4P2S2/c6-5(7)3(13-17(9)15)2(12-4(5)10)1-11-16(8)14/h2-4,10,16-17H,1H2/t2-,3-,4?/m1/s1. The number of halogens is 4. The number of hydrogen-bond donors (Lipinski definition) is 3. The van der Waals surface area contributed by atoms with Gasteiger partial charge in [-0.1, -0.05) is 0 Å². The van der Waals surface area contributed by atoms with Gasteiger partial charge in [-0.25, -0.2) is 0 Å². The molecule has 1 heterocycles. The van der Waals surface area contributed by atoms with E-state index in [1.807, 2.05) is 0 Å². The van der Waals surface area contributed by atoms with Gasteiger partial charge in [-0.05, 0) is 0 Å². The van der Waals surface area contributed by atoms with Crippen molar-refractivity contribution in [3.63, 3.8) is 0 Å². The predicted octanol–water partition coefficient (Wildman–Crippen LogP) is 4.77. The van der Waals surface area contributed by atoms with E-state index in [1.54, 1.807) is 0 Å². The number of alkyl halides is 2. The van der Waals surface area contributed by atoms with Gasteiger partial charge in [0.2, 0.25) is 0 Å². The Morgan fingerprint density at radius 3 is 2.41 bits per heavy atom. The summed E-state index contributed by atoms with van der Waals surface area (Å²) < 4.78 is 15.7. The van der Waals surface area contributed by atoms with Crippen molar-refractivity contribution in [1.29, 1.82) is 0 Å². The first-order chi connectivity index (χ1) is 7.75. The van der Waals surface area contributed by atoms with E-state index in [-0.39, 0.29) is 6.10 Å². The van der Waals surface area contributed by atoms with Gasteiger partial charge < -0.3 is 0 Å². The van der Waals surface area contributed by atoms with Crippen molar-refractivity contribution in [3.05, 3.63) is 0 Å². The average molecular weight is 672 g/mol. The maximum atomic E-state index is 9.79. The summed E-state index contributed by atoms with van der Waals surface area (Å²) in [5, 5.41) is 9.79. The molecule has 0 aromatic rings. The third-order valence-electron chi connectivity index (χ3n) is 1.90. The van der Waals surface area contributed by atoms with E-state index >= 15 is 0 Å². The monoisotopic (exact) mass is 670 g/mol. The molecule has 17 heavy (non-hydrogen) atoms. The molecule has 0 bridgehead atoms. The predicted molar refractivity (Wildman–Crippen MR) is 102 cm³/mol. The van der Waals surface area contributed by atoms with Gasteiger partial charge in [-0.3, -0.25) is 0 Å². The van der Waals surface area contributed by atoms with Crippen molar-refractivity contribution in [2.24, 2.45) is 0 Å². The Balaban J connectivity index is 2.76. The van der Waals surface area contributed by atoms with Gasteiger partial charge in [0.15, 0.2) is 0 Å². The summed E-state index contributed by atoms with van der Waals surface area (Å²) in [4.78, 5) is 0. The molecule has 0 spiro atoms. The summed E-state index contributed by atoms with van der Waals surface area (Å²) >= 11 is 10.9. The Labute approximate surface area is 149 Å². The Hall–Kier alpha value is 3.82. The van der Waals surface area contributed by atoms with E-state index in [4.69, 9.17) is 13.1 Å². The van der Waals surface area contributed by atoms with Crippen molar-refractivity contribution in [2.45, 2.75) is 21.7 Å². The van der Waals surface area contributed by atoms with Gasteiger partial charge in [0.05, 0.1) is 0 Å². The van der Waals surface area contributed by atoms with E-state index in [0.717, 1.165) is 0 Å². The van der Waals surface area contributed by atoms with E-state index in [2.05, 4.69) is 89.9 Å². The van der Waals surface area contributed by atoms with Gasteiger partial charge >= 0.3 is 151 Å². The molecule has 0 radical (unpaired) electrons. The molecule has 0 aliphatic carbocycles. The zero-order valence-corrected chi connectivity index (χ0v) is 19.0. The summed E-state index contributed by atoms with van der Waals surface area (Å²) in [7, 11) is 6.70. The minimum absolute atomic E-state index is 0.312. The molecule has 1 N–H and O–H groups in total. The van der Waals surface area contributed by atoms with Crippen molar-refractivity contribution in [2.75, 3.05) is 6.61 Å². The fourth-order valence-corrected chi connectivity index (χ4v) is 4.97. The summed E-state index contributed by atoms with van der Waals surface area (Å²) in [5.41, 5.74) is 0. The number of ether oxygens (including phenoxy) is 1. The van der Waals surface area contributed by atoms with Crippen molar-refractivity contribution in [3.8, 4) is 0 Å². The van der Waals surface area contributed by atoms with Gasteiger partial charge in [-0.2, -0.15) is 0 Å². The Kier molecular flexibility index (Phi) is 9.38. The van der Waals surface area contributed by atoms with Crippen LogP contribution in [0, 0.1) is 0 Å². The molecule has 5 atom stereocenters. The summed E-state index contributed by atoms with van der Waals surface area (Å²) in [6.07, 6.45) is -1.78. The normalized spacial score (nSPS) is 35.6. The second-order valence-corrected chi connectivity index (χ2v) is 20.1. The van der Waals surface area contributed by atoms with Crippen LogP contribution in [-0.4, -0.2) is 33.4 Å². The summed E-state index contributed by atoms with van der Waals surface area (Å²) in [6, 6.07) is 0. The summed E-state index contributed by atoms with van der Waals surface area (Å²) in [6.45, 7) is 0.312. The average Bonchev–Trinajstić information content (AvgIpc) is 2.38. The molecule has 0 aromatic carbocycles. The van der Waals surface area contributed by atoms with Crippen molar-refractivity contribution in [1.82, 2.24) is 0 Å². The fourth-order valence-electron chi connectivity index (χ4n) is 1.21. The Morgan fingerprint density at radius 1 is 1.35 bits per heavy atom. The molecule has 1 saturated heterocycles. The van der Waals surface area contributed by atoms with E-state index < -0.39 is 30.3 Å². The Morgan fingerprint density at radius 2 is 1.94 bits per heavy atom. The third kappa shape index (κ3) is 5.84. The zero-order chi connectivity index (χ0) is 13.2. The van der Waals surface area contributed by atoms with Gasteiger partial charge in [0, 0.05) is 0 Å². The molecule has 1 aliphatic heterocycles. The third-order valence-corrected chi connectivity index (χ3v) is 6.49. The molecule has 0 aromatic heterocycles. The second-order valence-electron chi connectivity index (χ2n) is 2.98. The van der Waals surface area contributed by atoms with Crippen LogP contribution < -0.4 is 0 Å². The topological polar surface area (TPSA) is 47.9 Å². The molecule has 3 unspecified atom stereocenters. The molecular formula is C5H8Br2I2O4P2S2. The number of aliphatic hydroxyl groups excluding tert-OH is 1. The molecule has 0 saturated carbocycles. The molecule has 1 rings (SSSR count). The van der Waals surface area contributed by atoms with Crippen LogP contribution in [0.25, 0.3) is 0 Å². The van der Waals surface area contributed by atoms with E-state index in [1.165, 1.54) is 0 Å². The maximum absolute atomic E-state index is 9.79. The van der Waals surface area contributed by atoms with E-state index in [0.29, 0.717) is 6.61 Å². The van der Waals surface area contributed by atoms with Crippen LogP contribution in [0.4, 0.5) is 0 Å². The SMILES string of the molecule is OC1O[C@H](CO[SH](#P)I)[C@@H](O[SH](#P)I)C1(Br)Br. The molecule has 12 heteroatoms. The molecular weight excluding hydrogens is 664 g/mol. The first kappa shape index (κ1) is 18.9. The van der Waals surface area contributed by atoms with E-state index in [9.17, 15) is 5.11 Å². The molecule has 1 fully saturated rings. The zero-order valence-electron chi connectivity index (χ0n) is 7.91. The molecule has 1 aliphatic rings. The van der Waals surface area contributed by atoms with Crippen LogP contribution in [0.3, 0.4) is 0 Å². The first-order valence-corrected chi connectivity index (χ1v) is 16.0.